The van der Waals surface area contributed by atoms with E-state index in [9.17, 15) is 0 Å². The summed E-state index contributed by atoms with van der Waals surface area (Å²) in [5, 5.41) is 4.41. The minimum atomic E-state index is 0.752. The van der Waals surface area contributed by atoms with Gasteiger partial charge < -0.3 is 10.3 Å². The summed E-state index contributed by atoms with van der Waals surface area (Å²) >= 11 is 0. The first-order valence-electron chi connectivity index (χ1n) is 5.10. The van der Waals surface area contributed by atoms with Gasteiger partial charge in [0.15, 0.2) is 0 Å². The van der Waals surface area contributed by atoms with Crippen LogP contribution in [0.25, 0.3) is 5.32 Å². The summed E-state index contributed by atoms with van der Waals surface area (Å²) in [5.74, 6) is 0.752. The molecule has 1 heterocycles. The highest BCUT2D eigenvalue weighted by atomic mass is 15.0. The number of rotatable bonds is 3. The second-order valence-corrected chi connectivity index (χ2v) is 3.32. The molecule has 2 aromatic rings. The molecule has 0 radical (unpaired) electrons. The number of aromatic nitrogens is 1. The van der Waals surface area contributed by atoms with Crippen molar-refractivity contribution in [3.63, 3.8) is 0 Å². The summed E-state index contributed by atoms with van der Waals surface area (Å²) in [6.07, 6.45) is 2.81. The average molecular weight is 197 g/mol. The van der Waals surface area contributed by atoms with E-state index >= 15 is 0 Å². The molecule has 2 nitrogen and oxygen atoms in total. The van der Waals surface area contributed by atoms with Crippen molar-refractivity contribution in [2.75, 3.05) is 0 Å². The second kappa shape index (κ2) is 4.60. The van der Waals surface area contributed by atoms with Crippen LogP contribution in [0, 0.1) is 0 Å². The minimum Gasteiger partial charge on any atom is -0.443 e. The predicted molar refractivity (Wildman–Crippen MR) is 62.7 cm³/mol. The van der Waals surface area contributed by atoms with Gasteiger partial charge in [0, 0.05) is 0 Å². The normalized spacial score (nSPS) is 9.93. The minimum absolute atomic E-state index is 0.752. The zero-order valence-corrected chi connectivity index (χ0v) is 8.72. The summed E-state index contributed by atoms with van der Waals surface area (Å²) in [6, 6.07) is 14.0. The highest BCUT2D eigenvalue weighted by Crippen LogP contribution is 2.27. The van der Waals surface area contributed by atoms with Gasteiger partial charge in [-0.25, -0.2) is 0 Å². The van der Waals surface area contributed by atoms with E-state index in [0.717, 1.165) is 17.9 Å². The molecule has 0 amide bonds. The fourth-order valence-electron chi connectivity index (χ4n) is 1.36. The molecule has 2 rings (SSSR count). The number of benzene rings is 1. The molecule has 1 aromatic heterocycles. The van der Waals surface area contributed by atoms with E-state index in [1.807, 2.05) is 30.3 Å². The summed E-state index contributed by atoms with van der Waals surface area (Å²) in [7, 11) is 0. The van der Waals surface area contributed by atoms with Crippen LogP contribution >= 0.6 is 0 Å². The maximum Gasteiger partial charge on any atom is -0.0307 e. The lowest BCUT2D eigenvalue weighted by molar-refractivity contribution is 1.14. The van der Waals surface area contributed by atoms with Gasteiger partial charge in [0.1, 0.15) is 0 Å². The molecule has 0 spiro atoms. The Hall–Kier alpha value is -1.83. The Labute approximate surface area is 90.0 Å². The first-order chi connectivity index (χ1) is 7.38. The molecule has 2 heteroatoms. The van der Waals surface area contributed by atoms with E-state index in [4.69, 9.17) is 0 Å². The molecule has 0 N–H and O–H groups in total. The number of hydrogen-bond acceptors (Lipinski definition) is 1. The van der Waals surface area contributed by atoms with Gasteiger partial charge in [-0.1, -0.05) is 61.4 Å². The van der Waals surface area contributed by atoms with Crippen LogP contribution in [0.15, 0.2) is 48.7 Å². The van der Waals surface area contributed by atoms with Crippen LogP contribution in [0.5, 0.6) is 0 Å². The molecule has 76 valence electrons. The number of pyridine rings is 1. The lowest BCUT2D eigenvalue weighted by atomic mass is 10.1. The van der Waals surface area contributed by atoms with E-state index in [2.05, 4.69) is 29.4 Å². The van der Waals surface area contributed by atoms with Gasteiger partial charge in [0.25, 0.3) is 0 Å². The van der Waals surface area contributed by atoms with Crippen molar-refractivity contribution in [3.8, 4) is 0 Å². The second-order valence-electron chi connectivity index (χ2n) is 3.32. The number of nitrogens with zero attached hydrogens (tertiary/aromatic N) is 2. The molecule has 0 saturated heterocycles. The van der Waals surface area contributed by atoms with E-state index < -0.39 is 0 Å². The van der Waals surface area contributed by atoms with Gasteiger partial charge in [-0.05, 0) is 17.7 Å². The van der Waals surface area contributed by atoms with Crippen molar-refractivity contribution in [2.45, 2.75) is 13.3 Å². The highest BCUT2D eigenvalue weighted by molar-refractivity contribution is 5.62. The molecular formula is C13H13N2-. The molecule has 0 saturated carbocycles. The molecule has 0 fully saturated rings. The van der Waals surface area contributed by atoms with Gasteiger partial charge >= 0.3 is 0 Å². The Bertz CT molecular complexity index is 406. The lowest BCUT2D eigenvalue weighted by Gasteiger charge is -2.14. The zero-order chi connectivity index (χ0) is 10.5. The first kappa shape index (κ1) is 9.71. The molecule has 0 aliphatic carbocycles. The Kier molecular flexibility index (Phi) is 2.98. The van der Waals surface area contributed by atoms with Crippen molar-refractivity contribution < 1.29 is 0 Å². The van der Waals surface area contributed by atoms with Crippen LogP contribution < -0.4 is 0 Å². The summed E-state index contributed by atoms with van der Waals surface area (Å²) in [4.78, 5) is 4.15. The van der Waals surface area contributed by atoms with Crippen molar-refractivity contribution in [1.29, 1.82) is 0 Å². The quantitative estimate of drug-likeness (QED) is 0.731. The zero-order valence-electron chi connectivity index (χ0n) is 8.72. The Morgan fingerprint density at radius 3 is 2.47 bits per heavy atom. The van der Waals surface area contributed by atoms with Crippen LogP contribution in [0.4, 0.5) is 11.5 Å². The third-order valence-corrected chi connectivity index (χ3v) is 2.24. The van der Waals surface area contributed by atoms with Crippen LogP contribution in [-0.4, -0.2) is 4.98 Å². The van der Waals surface area contributed by atoms with E-state index in [-0.39, 0.29) is 0 Å². The topological polar surface area (TPSA) is 27.0 Å². The van der Waals surface area contributed by atoms with Crippen LogP contribution in [0.2, 0.25) is 0 Å². The maximum atomic E-state index is 4.41. The maximum absolute atomic E-state index is 4.41. The van der Waals surface area contributed by atoms with Crippen molar-refractivity contribution in [2.24, 2.45) is 0 Å². The van der Waals surface area contributed by atoms with Crippen LogP contribution in [0.1, 0.15) is 12.5 Å². The predicted octanol–water partition coefficient (Wildman–Crippen LogP) is 3.98. The third-order valence-electron chi connectivity index (χ3n) is 2.24. The Balaban J connectivity index is 2.11. The molecule has 1 aromatic carbocycles. The monoisotopic (exact) mass is 197 g/mol. The molecule has 15 heavy (non-hydrogen) atoms. The van der Waals surface area contributed by atoms with Gasteiger partial charge in [-0.2, -0.15) is 0 Å². The number of aryl methyl sites for hydroxylation is 1. The van der Waals surface area contributed by atoms with E-state index in [0.29, 0.717) is 0 Å². The fraction of sp³-hybridized carbons (Fsp3) is 0.154. The van der Waals surface area contributed by atoms with Crippen LogP contribution in [0.3, 0.4) is 0 Å². The molecule has 0 aliphatic heterocycles. The fourth-order valence-corrected chi connectivity index (χ4v) is 1.36. The van der Waals surface area contributed by atoms with Gasteiger partial charge in [-0.15, -0.1) is 0 Å². The molecule has 0 aliphatic rings. The standard InChI is InChI=1S/C13H13N2/c1-2-11-6-8-12(9-7-11)15-13-5-3-4-10-14-13/h3-10H,2H2,1H3/q-1. The summed E-state index contributed by atoms with van der Waals surface area (Å²) in [5.41, 5.74) is 2.28. The number of hydrogen-bond donors (Lipinski definition) is 0. The van der Waals surface area contributed by atoms with Gasteiger partial charge in [0.05, 0.1) is 0 Å². The average Bonchev–Trinajstić information content (AvgIpc) is 2.31. The largest absolute Gasteiger partial charge is 0.443 e. The Morgan fingerprint density at radius 2 is 1.87 bits per heavy atom. The van der Waals surface area contributed by atoms with Gasteiger partial charge in [-0.3, -0.25) is 0 Å². The SMILES string of the molecule is CCc1ccc([N-]c2ccccn2)cc1. The van der Waals surface area contributed by atoms with Crippen molar-refractivity contribution in [3.05, 3.63) is 59.5 Å². The molecule has 0 atom stereocenters. The van der Waals surface area contributed by atoms with Crippen molar-refractivity contribution in [1.82, 2.24) is 4.98 Å². The highest BCUT2D eigenvalue weighted by Gasteiger charge is 1.88. The molecule has 0 unspecified atom stereocenters. The van der Waals surface area contributed by atoms with Gasteiger partial charge in [0.2, 0.25) is 0 Å². The van der Waals surface area contributed by atoms with Crippen LogP contribution in [-0.2, 0) is 6.42 Å². The van der Waals surface area contributed by atoms with Crippen molar-refractivity contribution >= 4 is 11.5 Å². The summed E-state index contributed by atoms with van der Waals surface area (Å²) < 4.78 is 0. The smallest absolute Gasteiger partial charge is 0.0307 e. The molecule has 0 bridgehead atoms. The molecular weight excluding hydrogens is 184 g/mol. The third kappa shape index (κ3) is 2.56. The van der Waals surface area contributed by atoms with E-state index in [1.165, 1.54) is 5.56 Å². The van der Waals surface area contributed by atoms with E-state index in [1.54, 1.807) is 6.20 Å². The summed E-state index contributed by atoms with van der Waals surface area (Å²) in [6.45, 7) is 2.14. The Morgan fingerprint density at radius 1 is 1.07 bits per heavy atom. The lowest BCUT2D eigenvalue weighted by Crippen LogP contribution is -1.78. The first-order valence-corrected chi connectivity index (χ1v) is 5.10.